The summed E-state index contributed by atoms with van der Waals surface area (Å²) in [5.41, 5.74) is -0.0187. The van der Waals surface area contributed by atoms with Crippen molar-refractivity contribution in [3.05, 3.63) is 17.7 Å². The van der Waals surface area contributed by atoms with Crippen LogP contribution >= 0.6 is 0 Å². The maximum atomic E-state index is 8.10. The normalized spacial score (nSPS) is 5.56. The van der Waals surface area contributed by atoms with Crippen molar-refractivity contribution in [3.63, 3.8) is 0 Å². The monoisotopic (exact) mass is 117 g/mol. The SMILES string of the molecule is N#CC(C#N)=CC=C=N. The van der Waals surface area contributed by atoms with Gasteiger partial charge in [-0.25, -0.2) is 0 Å². The number of nitrogens with one attached hydrogen (secondary N) is 1. The molecule has 0 aromatic heterocycles. The van der Waals surface area contributed by atoms with Gasteiger partial charge in [-0.05, 0) is 11.9 Å². The van der Waals surface area contributed by atoms with Crippen LogP contribution in [0.5, 0.6) is 0 Å². The van der Waals surface area contributed by atoms with E-state index in [1.165, 1.54) is 12.2 Å². The standard InChI is InChI=1S/C6H3N3/c7-3-1-2-6(4-8)5-9/h1-2,7H. The van der Waals surface area contributed by atoms with Crippen LogP contribution in [0.15, 0.2) is 17.7 Å². The first kappa shape index (κ1) is 7.17. The summed E-state index contributed by atoms with van der Waals surface area (Å²) in [6.45, 7) is 0. The third-order valence-corrected chi connectivity index (χ3v) is 0.574. The zero-order chi connectivity index (χ0) is 7.11. The van der Waals surface area contributed by atoms with Gasteiger partial charge in [0.05, 0.1) is 0 Å². The Balaban J connectivity index is 4.36. The fraction of sp³-hybridized carbons (Fsp3) is 0. The Kier molecular flexibility index (Phi) is 3.45. The van der Waals surface area contributed by atoms with E-state index in [-0.39, 0.29) is 5.57 Å². The van der Waals surface area contributed by atoms with E-state index in [0.717, 1.165) is 0 Å². The Labute approximate surface area is 52.7 Å². The average Bonchev–Trinajstić information content (AvgIpc) is 1.91. The lowest BCUT2D eigenvalue weighted by atomic mass is 10.3. The third-order valence-electron chi connectivity index (χ3n) is 0.574. The smallest absolute Gasteiger partial charge is 0.130 e. The van der Waals surface area contributed by atoms with E-state index in [1.807, 2.05) is 5.87 Å². The summed E-state index contributed by atoms with van der Waals surface area (Å²) < 4.78 is 0. The van der Waals surface area contributed by atoms with Crippen LogP contribution in [0.2, 0.25) is 0 Å². The van der Waals surface area contributed by atoms with Gasteiger partial charge in [-0.15, -0.1) is 0 Å². The van der Waals surface area contributed by atoms with E-state index < -0.39 is 0 Å². The van der Waals surface area contributed by atoms with Gasteiger partial charge in [0.1, 0.15) is 17.7 Å². The molecule has 0 saturated carbocycles. The molecule has 3 heteroatoms. The molecule has 0 unspecified atom stereocenters. The first-order valence-electron chi connectivity index (χ1n) is 2.11. The lowest BCUT2D eigenvalue weighted by Crippen LogP contribution is -1.66. The maximum Gasteiger partial charge on any atom is 0.130 e. The Bertz CT molecular complexity index is 226. The fourth-order valence-electron chi connectivity index (χ4n) is 0.225. The maximum absolute atomic E-state index is 8.10. The highest BCUT2D eigenvalue weighted by Gasteiger charge is 1.83. The summed E-state index contributed by atoms with van der Waals surface area (Å²) >= 11 is 0. The minimum atomic E-state index is -0.0187. The van der Waals surface area contributed by atoms with Gasteiger partial charge in [-0.1, -0.05) is 0 Å². The first-order chi connectivity index (χ1) is 4.35. The lowest BCUT2D eigenvalue weighted by Gasteiger charge is -1.69. The fourth-order valence-corrected chi connectivity index (χ4v) is 0.225. The second-order valence-corrected chi connectivity index (χ2v) is 1.11. The number of hydrogen-bond acceptors (Lipinski definition) is 3. The van der Waals surface area contributed by atoms with Crippen LogP contribution in [-0.4, -0.2) is 5.87 Å². The predicted octanol–water partition coefficient (Wildman–Crippen LogP) is 0.765. The van der Waals surface area contributed by atoms with Crippen LogP contribution in [-0.2, 0) is 0 Å². The second kappa shape index (κ2) is 4.33. The van der Waals surface area contributed by atoms with E-state index in [0.29, 0.717) is 0 Å². The summed E-state index contributed by atoms with van der Waals surface area (Å²) in [6.07, 6.45) is 2.43. The molecular weight excluding hydrogens is 114 g/mol. The molecule has 0 saturated heterocycles. The van der Waals surface area contributed by atoms with E-state index in [1.54, 1.807) is 12.1 Å². The zero-order valence-electron chi connectivity index (χ0n) is 4.55. The van der Waals surface area contributed by atoms with Crippen molar-refractivity contribution in [1.82, 2.24) is 0 Å². The number of nitrogens with zero attached hydrogens (tertiary/aromatic N) is 2. The molecule has 3 nitrogen and oxygen atoms in total. The molecular formula is C6H3N3. The molecule has 0 aliphatic carbocycles. The molecule has 0 aliphatic rings. The molecule has 0 aliphatic heterocycles. The molecule has 0 aromatic carbocycles. The third kappa shape index (κ3) is 2.82. The van der Waals surface area contributed by atoms with Crippen molar-refractivity contribution in [2.24, 2.45) is 0 Å². The van der Waals surface area contributed by atoms with Crippen LogP contribution in [0.25, 0.3) is 0 Å². The van der Waals surface area contributed by atoms with Gasteiger partial charge < -0.3 is 0 Å². The number of allylic oxidation sites excluding steroid dienone is 3. The molecule has 0 fully saturated rings. The molecule has 0 spiro atoms. The van der Waals surface area contributed by atoms with E-state index in [2.05, 4.69) is 0 Å². The summed E-state index contributed by atoms with van der Waals surface area (Å²) in [4.78, 5) is 0. The van der Waals surface area contributed by atoms with Gasteiger partial charge in [-0.2, -0.15) is 10.5 Å². The highest BCUT2D eigenvalue weighted by molar-refractivity contribution is 5.54. The number of rotatable bonds is 1. The second-order valence-electron chi connectivity index (χ2n) is 1.11. The summed E-state index contributed by atoms with van der Waals surface area (Å²) in [5.74, 6) is 1.91. The molecule has 1 N–H and O–H groups in total. The van der Waals surface area contributed by atoms with Crippen molar-refractivity contribution < 1.29 is 0 Å². The van der Waals surface area contributed by atoms with Crippen LogP contribution in [0.4, 0.5) is 0 Å². The van der Waals surface area contributed by atoms with E-state index in [4.69, 9.17) is 15.9 Å². The molecule has 0 heterocycles. The molecule has 0 rings (SSSR count). The quantitative estimate of drug-likeness (QED) is 0.313. The summed E-state index contributed by atoms with van der Waals surface area (Å²) in [6, 6.07) is 3.26. The average molecular weight is 117 g/mol. The van der Waals surface area contributed by atoms with Gasteiger partial charge in [-0.3, -0.25) is 5.41 Å². The van der Waals surface area contributed by atoms with Crippen molar-refractivity contribution in [3.8, 4) is 12.1 Å². The summed E-state index contributed by atoms with van der Waals surface area (Å²) in [7, 11) is 0. The van der Waals surface area contributed by atoms with Crippen molar-refractivity contribution in [1.29, 1.82) is 15.9 Å². The van der Waals surface area contributed by atoms with Crippen LogP contribution in [0.3, 0.4) is 0 Å². The van der Waals surface area contributed by atoms with Gasteiger partial charge >= 0.3 is 0 Å². The van der Waals surface area contributed by atoms with Crippen molar-refractivity contribution in [2.75, 3.05) is 0 Å². The molecule has 0 amide bonds. The highest BCUT2D eigenvalue weighted by Crippen LogP contribution is 1.86. The van der Waals surface area contributed by atoms with Gasteiger partial charge in [0, 0.05) is 6.08 Å². The molecule has 0 atom stereocenters. The minimum absolute atomic E-state index is 0.0187. The number of hydrogen-bond donors (Lipinski definition) is 1. The Hall–Kier alpha value is -1.83. The van der Waals surface area contributed by atoms with Gasteiger partial charge in [0.15, 0.2) is 0 Å². The molecule has 0 radical (unpaired) electrons. The molecule has 0 aromatic rings. The Morgan fingerprint density at radius 3 is 2.22 bits per heavy atom. The predicted molar refractivity (Wildman–Crippen MR) is 31.6 cm³/mol. The van der Waals surface area contributed by atoms with Crippen LogP contribution in [0, 0.1) is 28.1 Å². The Morgan fingerprint density at radius 2 is 1.89 bits per heavy atom. The van der Waals surface area contributed by atoms with Gasteiger partial charge in [0.2, 0.25) is 0 Å². The summed E-state index contributed by atoms with van der Waals surface area (Å²) in [5, 5.41) is 22.6. The first-order valence-corrected chi connectivity index (χ1v) is 2.11. The van der Waals surface area contributed by atoms with E-state index >= 15 is 0 Å². The number of nitriles is 2. The lowest BCUT2D eigenvalue weighted by molar-refractivity contribution is 1.46. The molecule has 9 heavy (non-hydrogen) atoms. The Morgan fingerprint density at radius 1 is 1.33 bits per heavy atom. The topological polar surface area (TPSA) is 71.4 Å². The zero-order valence-corrected chi connectivity index (χ0v) is 4.55. The largest absolute Gasteiger partial charge is 0.259 e. The van der Waals surface area contributed by atoms with Crippen molar-refractivity contribution >= 4 is 5.87 Å². The van der Waals surface area contributed by atoms with Crippen molar-refractivity contribution in [2.45, 2.75) is 0 Å². The molecule has 0 bridgehead atoms. The van der Waals surface area contributed by atoms with E-state index in [9.17, 15) is 0 Å². The highest BCUT2D eigenvalue weighted by atomic mass is 14.3. The van der Waals surface area contributed by atoms with Crippen LogP contribution in [0.1, 0.15) is 0 Å². The molecule has 42 valence electrons. The van der Waals surface area contributed by atoms with Crippen LogP contribution < -0.4 is 0 Å². The van der Waals surface area contributed by atoms with Gasteiger partial charge in [0.25, 0.3) is 0 Å². The minimum Gasteiger partial charge on any atom is -0.259 e.